The number of nitrogens with one attached hydrogen (secondary N) is 1. The van der Waals surface area contributed by atoms with E-state index in [1.807, 2.05) is 0 Å². The van der Waals surface area contributed by atoms with Crippen LogP contribution in [0.3, 0.4) is 0 Å². The average Bonchev–Trinajstić information content (AvgIpc) is 3.16. The van der Waals surface area contributed by atoms with Gasteiger partial charge in [0.1, 0.15) is 12.0 Å². The number of rotatable bonds is 6. The lowest BCUT2D eigenvalue weighted by atomic mass is 10.1. The Hall–Kier alpha value is -3.40. The van der Waals surface area contributed by atoms with Crippen molar-refractivity contribution in [3.8, 4) is 17.2 Å². The van der Waals surface area contributed by atoms with E-state index in [1.54, 1.807) is 12.1 Å². The molecule has 1 aromatic heterocycles. The highest BCUT2D eigenvalue weighted by Crippen LogP contribution is 2.32. The minimum Gasteiger partial charge on any atom is -0.497 e. The number of benzene rings is 2. The van der Waals surface area contributed by atoms with E-state index in [2.05, 4.69) is 9.71 Å². The molecule has 0 atom stereocenters. The maximum atomic E-state index is 12.6. The zero-order valence-electron chi connectivity index (χ0n) is 13.4. The van der Waals surface area contributed by atoms with Gasteiger partial charge in [0, 0.05) is 12.1 Å². The van der Waals surface area contributed by atoms with Crippen LogP contribution in [0.5, 0.6) is 5.75 Å². The smallest absolute Gasteiger partial charge is 0.270 e. The first-order chi connectivity index (χ1) is 12.4. The van der Waals surface area contributed by atoms with Crippen LogP contribution < -0.4 is 9.46 Å². The number of oxazole rings is 1. The molecular formula is C16H13N3O6S. The van der Waals surface area contributed by atoms with Crippen molar-refractivity contribution >= 4 is 21.4 Å². The van der Waals surface area contributed by atoms with E-state index in [0.29, 0.717) is 11.3 Å². The van der Waals surface area contributed by atoms with Crippen LogP contribution in [0.15, 0.2) is 64.2 Å². The van der Waals surface area contributed by atoms with Crippen LogP contribution in [0.4, 0.5) is 11.4 Å². The third-order valence-electron chi connectivity index (χ3n) is 3.47. The summed E-state index contributed by atoms with van der Waals surface area (Å²) in [5.41, 5.74) is 0.235. The van der Waals surface area contributed by atoms with Crippen LogP contribution in [0.1, 0.15) is 0 Å². The summed E-state index contributed by atoms with van der Waals surface area (Å²) in [6.07, 6.45) is 2.78. The van der Waals surface area contributed by atoms with Crippen LogP contribution in [0.2, 0.25) is 0 Å². The van der Waals surface area contributed by atoms with Crippen molar-refractivity contribution in [3.05, 3.63) is 65.0 Å². The van der Waals surface area contributed by atoms with E-state index in [0.717, 1.165) is 6.07 Å². The number of aromatic nitrogens is 1. The minimum absolute atomic E-state index is 0.194. The Kier molecular flexibility index (Phi) is 4.59. The van der Waals surface area contributed by atoms with Gasteiger partial charge in [0.25, 0.3) is 15.7 Å². The number of nitro groups is 1. The summed E-state index contributed by atoms with van der Waals surface area (Å²) in [6.45, 7) is 0. The summed E-state index contributed by atoms with van der Waals surface area (Å²) in [6, 6.07) is 9.39. The topological polar surface area (TPSA) is 125 Å². The van der Waals surface area contributed by atoms with Gasteiger partial charge in [-0.2, -0.15) is 0 Å². The van der Waals surface area contributed by atoms with Crippen molar-refractivity contribution in [3.63, 3.8) is 0 Å². The summed E-state index contributed by atoms with van der Waals surface area (Å²) in [7, 11) is -2.59. The molecule has 134 valence electrons. The van der Waals surface area contributed by atoms with Gasteiger partial charge in [0.15, 0.2) is 0 Å². The Morgan fingerprint density at radius 1 is 1.23 bits per heavy atom. The minimum atomic E-state index is -4.07. The van der Waals surface area contributed by atoms with Gasteiger partial charge in [-0.25, -0.2) is 13.4 Å². The van der Waals surface area contributed by atoms with E-state index in [1.165, 1.54) is 43.8 Å². The van der Waals surface area contributed by atoms with E-state index >= 15 is 0 Å². The summed E-state index contributed by atoms with van der Waals surface area (Å²) >= 11 is 0. The highest BCUT2D eigenvalue weighted by Gasteiger charge is 2.21. The van der Waals surface area contributed by atoms with Gasteiger partial charge >= 0.3 is 0 Å². The zero-order valence-corrected chi connectivity index (χ0v) is 14.3. The molecule has 0 bridgehead atoms. The third kappa shape index (κ3) is 3.49. The predicted molar refractivity (Wildman–Crippen MR) is 92.4 cm³/mol. The van der Waals surface area contributed by atoms with Crippen molar-refractivity contribution in [2.45, 2.75) is 4.90 Å². The van der Waals surface area contributed by atoms with Gasteiger partial charge in [0.2, 0.25) is 5.89 Å². The summed E-state index contributed by atoms with van der Waals surface area (Å²) in [5.74, 6) is 0.678. The number of nitro benzene ring substituents is 1. The molecule has 26 heavy (non-hydrogen) atoms. The Balaban J connectivity index is 2.03. The Labute approximate surface area is 148 Å². The Morgan fingerprint density at radius 2 is 2.04 bits per heavy atom. The second-order valence-corrected chi connectivity index (χ2v) is 6.79. The molecule has 0 saturated heterocycles. The molecule has 3 aromatic rings. The first-order valence-electron chi connectivity index (χ1n) is 7.26. The third-order valence-corrected chi connectivity index (χ3v) is 4.84. The van der Waals surface area contributed by atoms with Gasteiger partial charge in [-0.3, -0.25) is 14.8 Å². The highest BCUT2D eigenvalue weighted by molar-refractivity contribution is 7.92. The van der Waals surface area contributed by atoms with Gasteiger partial charge in [0.05, 0.1) is 34.4 Å². The molecule has 1 N–H and O–H groups in total. The molecule has 0 spiro atoms. The number of hydrogen-bond acceptors (Lipinski definition) is 7. The SMILES string of the molecule is COc1ccc(NS(=O)(=O)c2cccc([N+](=O)[O-])c2)c(-c2ncco2)c1. The number of sulfonamides is 1. The number of anilines is 1. The number of non-ortho nitro benzene ring substituents is 1. The van der Waals surface area contributed by atoms with Gasteiger partial charge < -0.3 is 9.15 Å². The summed E-state index contributed by atoms with van der Waals surface area (Å²) in [5, 5.41) is 10.9. The molecule has 0 fully saturated rings. The van der Waals surface area contributed by atoms with E-state index < -0.39 is 14.9 Å². The fraction of sp³-hybridized carbons (Fsp3) is 0.0625. The number of nitrogens with zero attached hydrogens (tertiary/aromatic N) is 2. The average molecular weight is 375 g/mol. The largest absolute Gasteiger partial charge is 0.497 e. The standard InChI is InChI=1S/C16H13N3O6S/c1-24-12-5-6-15(14(10-12)16-17-7-8-25-16)18-26(22,23)13-4-2-3-11(9-13)19(20)21/h2-10,18H,1H3. The second-order valence-electron chi connectivity index (χ2n) is 5.11. The van der Waals surface area contributed by atoms with Crippen molar-refractivity contribution in [2.24, 2.45) is 0 Å². The summed E-state index contributed by atoms with van der Waals surface area (Å²) in [4.78, 5) is 14.0. The highest BCUT2D eigenvalue weighted by atomic mass is 32.2. The Bertz CT molecular complexity index is 1050. The molecule has 0 radical (unpaired) electrons. The van der Waals surface area contributed by atoms with E-state index in [9.17, 15) is 18.5 Å². The number of hydrogen-bond donors (Lipinski definition) is 1. The predicted octanol–water partition coefficient (Wildman–Crippen LogP) is 3.06. The molecular weight excluding hydrogens is 362 g/mol. The first kappa shape index (κ1) is 17.4. The van der Waals surface area contributed by atoms with Crippen molar-refractivity contribution in [1.29, 1.82) is 0 Å². The van der Waals surface area contributed by atoms with Crippen LogP contribution in [-0.4, -0.2) is 25.4 Å². The quantitative estimate of drug-likeness (QED) is 0.518. The molecule has 1 heterocycles. The fourth-order valence-electron chi connectivity index (χ4n) is 2.24. The van der Waals surface area contributed by atoms with E-state index in [-0.39, 0.29) is 22.2 Å². The van der Waals surface area contributed by atoms with Gasteiger partial charge in [-0.05, 0) is 24.3 Å². The van der Waals surface area contributed by atoms with Crippen molar-refractivity contribution < 1.29 is 22.5 Å². The number of methoxy groups -OCH3 is 1. The molecule has 3 rings (SSSR count). The molecule has 10 heteroatoms. The van der Waals surface area contributed by atoms with Crippen LogP contribution >= 0.6 is 0 Å². The molecule has 0 amide bonds. The first-order valence-corrected chi connectivity index (χ1v) is 8.74. The maximum absolute atomic E-state index is 12.6. The number of ether oxygens (including phenoxy) is 1. The normalized spacial score (nSPS) is 11.1. The zero-order chi connectivity index (χ0) is 18.7. The molecule has 0 saturated carbocycles. The summed E-state index contributed by atoms with van der Waals surface area (Å²) < 4.78 is 38.1. The van der Waals surface area contributed by atoms with E-state index in [4.69, 9.17) is 9.15 Å². The van der Waals surface area contributed by atoms with Crippen LogP contribution in [-0.2, 0) is 10.0 Å². The molecule has 0 aliphatic rings. The Morgan fingerprint density at radius 3 is 2.69 bits per heavy atom. The second kappa shape index (κ2) is 6.84. The lowest BCUT2D eigenvalue weighted by molar-refractivity contribution is -0.385. The van der Waals surface area contributed by atoms with Gasteiger partial charge in [-0.15, -0.1) is 0 Å². The van der Waals surface area contributed by atoms with Crippen LogP contribution in [0, 0.1) is 10.1 Å². The van der Waals surface area contributed by atoms with Crippen molar-refractivity contribution in [2.75, 3.05) is 11.8 Å². The van der Waals surface area contributed by atoms with Crippen LogP contribution in [0.25, 0.3) is 11.5 Å². The molecule has 2 aromatic carbocycles. The molecule has 0 unspecified atom stereocenters. The maximum Gasteiger partial charge on any atom is 0.270 e. The van der Waals surface area contributed by atoms with Crippen molar-refractivity contribution in [1.82, 2.24) is 4.98 Å². The molecule has 0 aliphatic heterocycles. The fourth-order valence-corrected chi connectivity index (χ4v) is 3.36. The monoisotopic (exact) mass is 375 g/mol. The molecule has 0 aliphatic carbocycles. The van der Waals surface area contributed by atoms with Gasteiger partial charge in [-0.1, -0.05) is 6.07 Å². The lowest BCUT2D eigenvalue weighted by Gasteiger charge is -2.12. The molecule has 9 nitrogen and oxygen atoms in total. The lowest BCUT2D eigenvalue weighted by Crippen LogP contribution is -2.14.